The molecule has 126 valence electrons. The van der Waals surface area contributed by atoms with Crippen LogP contribution in [0.25, 0.3) is 0 Å². The number of carboxylic acids is 1. The van der Waals surface area contributed by atoms with Gasteiger partial charge in [-0.15, -0.1) is 0 Å². The molecule has 1 amide bonds. The molecule has 0 aliphatic carbocycles. The van der Waals surface area contributed by atoms with Crippen LogP contribution in [0.3, 0.4) is 0 Å². The third-order valence-corrected chi connectivity index (χ3v) is 4.19. The number of hydrogen-bond acceptors (Lipinski definition) is 4. The van der Waals surface area contributed by atoms with Crippen molar-refractivity contribution < 1.29 is 14.7 Å². The summed E-state index contributed by atoms with van der Waals surface area (Å²) in [6.45, 7) is 4.21. The van der Waals surface area contributed by atoms with E-state index in [4.69, 9.17) is 5.11 Å². The molecule has 1 aliphatic heterocycles. The largest absolute Gasteiger partial charge is 0.480 e. The zero-order chi connectivity index (χ0) is 16.9. The number of nitrogens with one attached hydrogen (secondary N) is 1. The van der Waals surface area contributed by atoms with Gasteiger partial charge in [0, 0.05) is 25.2 Å². The number of rotatable bonds is 7. The van der Waals surface area contributed by atoms with Gasteiger partial charge in [-0.25, -0.2) is 0 Å². The molecule has 2 rings (SSSR count). The van der Waals surface area contributed by atoms with Crippen molar-refractivity contribution in [2.24, 2.45) is 0 Å². The lowest BCUT2D eigenvalue weighted by Gasteiger charge is -2.26. The van der Waals surface area contributed by atoms with Crippen molar-refractivity contribution in [3.63, 3.8) is 0 Å². The van der Waals surface area contributed by atoms with E-state index in [1.807, 2.05) is 54.1 Å². The molecule has 0 radical (unpaired) electrons. The third-order valence-electron chi connectivity index (χ3n) is 4.19. The van der Waals surface area contributed by atoms with Crippen molar-refractivity contribution >= 4 is 11.9 Å². The summed E-state index contributed by atoms with van der Waals surface area (Å²) in [7, 11) is 1.93. The highest BCUT2D eigenvalue weighted by molar-refractivity contribution is 5.78. The van der Waals surface area contributed by atoms with Gasteiger partial charge in [0.1, 0.15) is 0 Å². The van der Waals surface area contributed by atoms with E-state index in [1.54, 1.807) is 0 Å². The number of benzene rings is 1. The van der Waals surface area contributed by atoms with Gasteiger partial charge in [0.15, 0.2) is 0 Å². The number of amides is 1. The van der Waals surface area contributed by atoms with E-state index in [-0.39, 0.29) is 18.0 Å². The molecule has 1 saturated heterocycles. The van der Waals surface area contributed by atoms with Gasteiger partial charge in [-0.05, 0) is 26.0 Å². The van der Waals surface area contributed by atoms with E-state index in [0.717, 1.165) is 13.0 Å². The molecule has 2 N–H and O–H groups in total. The minimum Gasteiger partial charge on any atom is -0.480 e. The second kappa shape index (κ2) is 7.57. The number of hydrogen-bond donors (Lipinski definition) is 2. The summed E-state index contributed by atoms with van der Waals surface area (Å²) in [5.74, 6) is -0.789. The van der Waals surface area contributed by atoms with Crippen molar-refractivity contribution in [3.05, 3.63) is 35.9 Å². The lowest BCUT2D eigenvalue weighted by molar-refractivity contribution is -0.136. The molecule has 1 unspecified atom stereocenters. The predicted molar refractivity (Wildman–Crippen MR) is 88.0 cm³/mol. The van der Waals surface area contributed by atoms with Crippen LogP contribution < -0.4 is 5.32 Å². The average Bonchev–Trinajstić information content (AvgIpc) is 2.89. The number of carbonyl (C=O) groups is 2. The normalized spacial score (nSPS) is 20.9. The van der Waals surface area contributed by atoms with Crippen molar-refractivity contribution in [1.29, 1.82) is 0 Å². The van der Waals surface area contributed by atoms with Crippen molar-refractivity contribution in [3.8, 4) is 0 Å². The number of carbonyl (C=O) groups excluding carboxylic acids is 1. The minimum absolute atomic E-state index is 0.0769. The molecule has 0 saturated carbocycles. The molecular formula is C17H25N3O3. The standard InChI is InChI=1S/C17H25N3O3/c1-17(18-10-16(22)23)8-9-20(13-17)15(21)12-19(2)11-14-6-4-3-5-7-14/h3-7,18H,8-13H2,1-2H3,(H,22,23). The summed E-state index contributed by atoms with van der Waals surface area (Å²) >= 11 is 0. The number of aliphatic carboxylic acids is 1. The second-order valence-corrected chi connectivity index (χ2v) is 6.53. The first-order chi connectivity index (χ1) is 10.9. The fourth-order valence-corrected chi connectivity index (χ4v) is 2.89. The van der Waals surface area contributed by atoms with Gasteiger partial charge in [0.25, 0.3) is 0 Å². The monoisotopic (exact) mass is 319 g/mol. The van der Waals surface area contributed by atoms with Gasteiger partial charge < -0.3 is 10.0 Å². The van der Waals surface area contributed by atoms with Crippen LogP contribution in [0.1, 0.15) is 18.9 Å². The summed E-state index contributed by atoms with van der Waals surface area (Å²) in [4.78, 5) is 26.9. The van der Waals surface area contributed by atoms with Gasteiger partial charge in [-0.1, -0.05) is 30.3 Å². The molecule has 0 bridgehead atoms. The summed E-state index contributed by atoms with van der Waals surface area (Å²) < 4.78 is 0. The zero-order valence-corrected chi connectivity index (χ0v) is 13.8. The molecular weight excluding hydrogens is 294 g/mol. The Balaban J connectivity index is 1.81. The number of likely N-dealkylation sites (N-methyl/N-ethyl adjacent to an activating group) is 1. The molecule has 1 fully saturated rings. The molecule has 1 aromatic rings. The molecule has 1 atom stereocenters. The lowest BCUT2D eigenvalue weighted by atomic mass is 10.0. The molecule has 6 nitrogen and oxygen atoms in total. The lowest BCUT2D eigenvalue weighted by Crippen LogP contribution is -2.48. The first-order valence-corrected chi connectivity index (χ1v) is 7.85. The van der Waals surface area contributed by atoms with Crippen LogP contribution in [0.4, 0.5) is 0 Å². The highest BCUT2D eigenvalue weighted by Gasteiger charge is 2.36. The van der Waals surface area contributed by atoms with Crippen LogP contribution in [0.2, 0.25) is 0 Å². The first-order valence-electron chi connectivity index (χ1n) is 7.85. The van der Waals surface area contributed by atoms with E-state index in [9.17, 15) is 9.59 Å². The summed E-state index contributed by atoms with van der Waals surface area (Å²) in [6, 6.07) is 10.0. The van der Waals surface area contributed by atoms with Crippen LogP contribution in [-0.2, 0) is 16.1 Å². The van der Waals surface area contributed by atoms with Crippen LogP contribution in [0.15, 0.2) is 30.3 Å². The Bertz CT molecular complexity index is 549. The fraction of sp³-hybridized carbons (Fsp3) is 0.529. The summed E-state index contributed by atoms with van der Waals surface area (Å²) in [5.41, 5.74) is 0.865. The van der Waals surface area contributed by atoms with Crippen LogP contribution in [-0.4, -0.2) is 65.5 Å². The SMILES string of the molecule is CN(CC(=O)N1CCC(C)(NCC(=O)O)C1)Cc1ccccc1. The Hall–Kier alpha value is -1.92. The van der Waals surface area contributed by atoms with Gasteiger partial charge in [0.2, 0.25) is 5.91 Å². The zero-order valence-electron chi connectivity index (χ0n) is 13.8. The summed E-state index contributed by atoms with van der Waals surface area (Å²) in [5, 5.41) is 11.8. The molecule has 23 heavy (non-hydrogen) atoms. The highest BCUT2D eigenvalue weighted by Crippen LogP contribution is 2.20. The van der Waals surface area contributed by atoms with Crippen LogP contribution in [0, 0.1) is 0 Å². The van der Waals surface area contributed by atoms with Crippen LogP contribution >= 0.6 is 0 Å². The fourth-order valence-electron chi connectivity index (χ4n) is 2.89. The molecule has 1 aromatic carbocycles. The van der Waals surface area contributed by atoms with E-state index < -0.39 is 5.97 Å². The van der Waals surface area contributed by atoms with Crippen molar-refractivity contribution in [1.82, 2.24) is 15.1 Å². The maximum atomic E-state index is 12.4. The van der Waals surface area contributed by atoms with E-state index in [0.29, 0.717) is 19.6 Å². The Morgan fingerprint density at radius 1 is 1.35 bits per heavy atom. The van der Waals surface area contributed by atoms with Gasteiger partial charge >= 0.3 is 5.97 Å². The molecule has 0 aromatic heterocycles. The highest BCUT2D eigenvalue weighted by atomic mass is 16.4. The Morgan fingerprint density at radius 3 is 2.70 bits per heavy atom. The Morgan fingerprint density at radius 2 is 2.04 bits per heavy atom. The van der Waals surface area contributed by atoms with Gasteiger partial charge in [-0.3, -0.25) is 19.8 Å². The molecule has 0 spiro atoms. The van der Waals surface area contributed by atoms with Crippen molar-refractivity contribution in [2.75, 3.05) is 33.2 Å². The van der Waals surface area contributed by atoms with Gasteiger partial charge in [-0.2, -0.15) is 0 Å². The van der Waals surface area contributed by atoms with Crippen molar-refractivity contribution in [2.45, 2.75) is 25.4 Å². The second-order valence-electron chi connectivity index (χ2n) is 6.53. The molecule has 1 aliphatic rings. The number of carboxylic acid groups (broad SMARTS) is 1. The molecule has 6 heteroatoms. The maximum Gasteiger partial charge on any atom is 0.317 e. The van der Waals surface area contributed by atoms with Gasteiger partial charge in [0.05, 0.1) is 13.1 Å². The average molecular weight is 319 g/mol. The Kier molecular flexibility index (Phi) is 5.74. The van der Waals surface area contributed by atoms with E-state index in [2.05, 4.69) is 5.32 Å². The van der Waals surface area contributed by atoms with E-state index >= 15 is 0 Å². The van der Waals surface area contributed by atoms with E-state index in [1.165, 1.54) is 5.56 Å². The third kappa shape index (κ3) is 5.33. The maximum absolute atomic E-state index is 12.4. The molecule has 1 heterocycles. The topological polar surface area (TPSA) is 72.9 Å². The Labute approximate surface area is 137 Å². The minimum atomic E-state index is -0.876. The van der Waals surface area contributed by atoms with Crippen LogP contribution in [0.5, 0.6) is 0 Å². The smallest absolute Gasteiger partial charge is 0.317 e. The summed E-state index contributed by atoms with van der Waals surface area (Å²) in [6.07, 6.45) is 0.772. The first kappa shape index (κ1) is 17.4. The number of nitrogens with zero attached hydrogens (tertiary/aromatic N) is 2. The number of likely N-dealkylation sites (tertiary alicyclic amines) is 1. The quantitative estimate of drug-likeness (QED) is 0.777. The predicted octanol–water partition coefficient (Wildman–Crippen LogP) is 0.784.